The van der Waals surface area contributed by atoms with Crippen molar-refractivity contribution in [2.75, 3.05) is 131 Å². The van der Waals surface area contributed by atoms with E-state index in [4.69, 9.17) is 5.11 Å². The van der Waals surface area contributed by atoms with Gasteiger partial charge in [-0.2, -0.15) is 0 Å². The summed E-state index contributed by atoms with van der Waals surface area (Å²) in [7, 11) is 0. The molecule has 4 aromatic rings. The second kappa shape index (κ2) is 33.7. The van der Waals surface area contributed by atoms with Gasteiger partial charge in [-0.25, -0.2) is 0 Å². The number of rotatable bonds is 9. The number of aliphatic carboxylic acids is 1. The predicted octanol–water partition coefficient (Wildman–Crippen LogP) is -0.393. The lowest BCUT2D eigenvalue weighted by Crippen LogP contribution is -2.49. The van der Waals surface area contributed by atoms with E-state index in [1.807, 2.05) is 19.6 Å². The summed E-state index contributed by atoms with van der Waals surface area (Å²) in [5.74, 6) is -9.12. The highest BCUT2D eigenvalue weighted by atomic mass is 16.4. The number of nitrogens with one attached hydrogen (secondary N) is 9. The standard InChI is InChI=1S/C61H79N13O15/c75-48(17-7-18-49(76)77)62-19-2-1-8-39-38-74-33-26-69-59(87)45-14-5-13-44(52(45)80)56(84)65-22-29-72(30-23-68-60(88)46-15-6-16-47(53(46)81)61(89)70-39)35-34-71-27-20-63-54(82)40-9-3-11-42(50(40)78)57(85)66-24-31-73(36-37-74)32-25-67-58(86)43-12-4-10-41(51(43)79)55(83)64-21-28-71/h3-6,9-16,39,78-81H,1-2,7-8,17-38H2,(H,62,75)(H,63,82)(H,64,83)(H,65,84)(H,66,85)(H,67,86)(H,68,88)(H,69,87)(H,70,89)(H,76,77). The van der Waals surface area contributed by atoms with Gasteiger partial charge in [0.1, 0.15) is 23.0 Å². The molecule has 9 amide bonds. The first-order chi connectivity index (χ1) is 42.9. The molecule has 8 rings (SSSR count). The Morgan fingerprint density at radius 2 is 0.663 bits per heavy atom. The molecule has 0 saturated carbocycles. The summed E-state index contributed by atoms with van der Waals surface area (Å²) < 4.78 is 0. The lowest BCUT2D eigenvalue weighted by atomic mass is 10.0. The molecule has 0 spiro atoms. The number of carbonyl (C=O) groups excluding carboxylic acids is 9. The summed E-state index contributed by atoms with van der Waals surface area (Å²) in [5, 5.41) is 80.4. The van der Waals surface area contributed by atoms with E-state index in [-0.39, 0.29) is 207 Å². The van der Waals surface area contributed by atoms with Crippen LogP contribution in [0.4, 0.5) is 0 Å². The summed E-state index contributed by atoms with van der Waals surface area (Å²) in [6.45, 7) is 1.92. The number of nitrogens with zero attached hydrogens (tertiary/aromatic N) is 4. The van der Waals surface area contributed by atoms with Gasteiger partial charge in [-0.15, -0.1) is 0 Å². The summed E-state index contributed by atoms with van der Waals surface area (Å²) in [6, 6.07) is 16.1. The summed E-state index contributed by atoms with van der Waals surface area (Å²) in [4.78, 5) is 142. The van der Waals surface area contributed by atoms with Gasteiger partial charge >= 0.3 is 5.97 Å². The van der Waals surface area contributed by atoms with Gasteiger partial charge in [-0.3, -0.25) is 67.5 Å². The second-order valence-electron chi connectivity index (χ2n) is 21.7. The molecule has 0 fully saturated rings. The molecular formula is C61H79N13O15. The average molecular weight is 1230 g/mol. The molecule has 478 valence electrons. The topological polar surface area (TPSA) is 393 Å². The molecule has 14 N–H and O–H groups in total. The number of hydrogen-bond donors (Lipinski definition) is 14. The molecule has 28 heteroatoms. The molecule has 3 unspecified atom stereocenters. The Bertz CT molecular complexity index is 3130. The van der Waals surface area contributed by atoms with Crippen molar-refractivity contribution in [2.45, 2.75) is 44.6 Å². The predicted molar refractivity (Wildman–Crippen MR) is 324 cm³/mol. The molecule has 0 aliphatic carbocycles. The van der Waals surface area contributed by atoms with E-state index in [2.05, 4.69) is 47.9 Å². The first-order valence-corrected chi connectivity index (χ1v) is 29.8. The van der Waals surface area contributed by atoms with E-state index in [1.54, 1.807) is 0 Å². The van der Waals surface area contributed by atoms with Crippen LogP contribution in [-0.4, -0.2) is 241 Å². The van der Waals surface area contributed by atoms with Crippen LogP contribution in [0.1, 0.15) is 121 Å². The number of amides is 9. The number of phenolic OH excluding ortho intramolecular Hbond substituents is 4. The third-order valence-corrected chi connectivity index (χ3v) is 15.5. The first kappa shape index (κ1) is 67.1. The minimum Gasteiger partial charge on any atom is -0.506 e. The van der Waals surface area contributed by atoms with Crippen molar-refractivity contribution in [1.29, 1.82) is 0 Å². The van der Waals surface area contributed by atoms with Crippen molar-refractivity contribution < 1.29 is 73.5 Å². The van der Waals surface area contributed by atoms with E-state index in [9.17, 15) is 68.4 Å². The average Bonchev–Trinajstić information content (AvgIpc) is 2.32. The maximum absolute atomic E-state index is 14.4. The summed E-state index contributed by atoms with van der Waals surface area (Å²) in [6.07, 6.45) is 1.15. The van der Waals surface area contributed by atoms with E-state index in [0.29, 0.717) is 12.8 Å². The van der Waals surface area contributed by atoms with Crippen LogP contribution >= 0.6 is 0 Å². The van der Waals surface area contributed by atoms with Crippen LogP contribution in [0.3, 0.4) is 0 Å². The van der Waals surface area contributed by atoms with Crippen LogP contribution in [0.25, 0.3) is 0 Å². The van der Waals surface area contributed by atoms with E-state index >= 15 is 0 Å². The van der Waals surface area contributed by atoms with Crippen molar-refractivity contribution in [2.24, 2.45) is 0 Å². The van der Waals surface area contributed by atoms with Crippen LogP contribution in [0, 0.1) is 0 Å². The Labute approximate surface area is 514 Å². The second-order valence-corrected chi connectivity index (χ2v) is 21.7. The molecule has 0 saturated heterocycles. The van der Waals surface area contributed by atoms with Crippen LogP contribution in [0.15, 0.2) is 72.8 Å². The zero-order valence-electron chi connectivity index (χ0n) is 49.5. The van der Waals surface area contributed by atoms with Gasteiger partial charge in [0.25, 0.3) is 47.3 Å². The van der Waals surface area contributed by atoms with E-state index in [0.717, 1.165) is 0 Å². The number of phenols is 4. The van der Waals surface area contributed by atoms with E-state index < -0.39 is 82.3 Å². The van der Waals surface area contributed by atoms with Gasteiger partial charge in [0.15, 0.2) is 0 Å². The number of fused-ring (bicyclic) bond motifs is 16. The molecule has 4 aliphatic heterocycles. The Morgan fingerprint density at radius 3 is 0.966 bits per heavy atom. The molecule has 0 aromatic heterocycles. The molecule has 89 heavy (non-hydrogen) atoms. The Balaban J connectivity index is 1.30. The molecule has 3 atom stereocenters. The largest absolute Gasteiger partial charge is 0.506 e. The van der Waals surface area contributed by atoms with Crippen molar-refractivity contribution >= 4 is 59.1 Å². The minimum absolute atomic E-state index is 0.00257. The first-order valence-electron chi connectivity index (χ1n) is 29.8. The highest BCUT2D eigenvalue weighted by Gasteiger charge is 2.27. The number of carboxylic acids is 1. The molecule has 28 nitrogen and oxygen atoms in total. The number of benzene rings is 4. The van der Waals surface area contributed by atoms with Crippen molar-refractivity contribution in [3.05, 3.63) is 117 Å². The highest BCUT2D eigenvalue weighted by Crippen LogP contribution is 2.26. The van der Waals surface area contributed by atoms with Crippen LogP contribution < -0.4 is 47.9 Å². The molecule has 12 bridgehead atoms. The number of carbonyl (C=O) groups is 10. The molecule has 4 aromatic carbocycles. The third kappa shape index (κ3) is 19.8. The number of hydrogen-bond acceptors (Lipinski definition) is 18. The summed E-state index contributed by atoms with van der Waals surface area (Å²) in [5.41, 5.74) is -1.42. The van der Waals surface area contributed by atoms with Gasteiger partial charge in [0, 0.05) is 150 Å². The number of carboxylic acid groups (broad SMARTS) is 1. The SMILES string of the molecule is O=C(O)CCCC(=O)NCCCCC1CN2CCNC(=O)c3cccc(c3O)C(=O)NCCN(CCNC(=O)c3cccc(c3O)C(=O)N1)CCN1CCNC(=O)c3cccc(c3O)C(=O)NCCN(CCNC(=O)c3cccc(c3O)C(=O)NCC1)CC2. The smallest absolute Gasteiger partial charge is 0.303 e. The molecular weight excluding hydrogens is 1150 g/mol. The quantitative estimate of drug-likeness (QED) is 0.0949. The van der Waals surface area contributed by atoms with Crippen molar-refractivity contribution in [3.63, 3.8) is 0 Å². The van der Waals surface area contributed by atoms with Gasteiger partial charge < -0.3 is 73.4 Å². The normalized spacial score (nSPS) is 21.1. The van der Waals surface area contributed by atoms with Crippen LogP contribution in [-0.2, 0) is 9.59 Å². The fourth-order valence-corrected chi connectivity index (χ4v) is 10.5. The Kier molecular flexibility index (Phi) is 25.4. The Morgan fingerprint density at radius 1 is 0.382 bits per heavy atom. The highest BCUT2D eigenvalue weighted by molar-refractivity contribution is 6.06. The number of para-hydroxylation sites is 4. The zero-order valence-corrected chi connectivity index (χ0v) is 49.5. The lowest BCUT2D eigenvalue weighted by Gasteiger charge is -2.31. The maximum Gasteiger partial charge on any atom is 0.303 e. The van der Waals surface area contributed by atoms with Crippen LogP contribution in [0.2, 0.25) is 0 Å². The van der Waals surface area contributed by atoms with Gasteiger partial charge in [-0.1, -0.05) is 24.3 Å². The fourth-order valence-electron chi connectivity index (χ4n) is 10.5. The Hall–Kier alpha value is -9.38. The summed E-state index contributed by atoms with van der Waals surface area (Å²) >= 11 is 0. The fraction of sp³-hybridized carbons (Fsp3) is 0.443. The van der Waals surface area contributed by atoms with Gasteiger partial charge in [0.2, 0.25) is 5.91 Å². The number of aromatic hydroxyl groups is 4. The molecule has 0 radical (unpaired) electrons. The molecule has 4 heterocycles. The zero-order chi connectivity index (χ0) is 63.8. The minimum atomic E-state index is -1.02. The van der Waals surface area contributed by atoms with Crippen LogP contribution in [0.5, 0.6) is 23.0 Å². The van der Waals surface area contributed by atoms with Gasteiger partial charge in [0.05, 0.1) is 44.5 Å². The monoisotopic (exact) mass is 1230 g/mol. The van der Waals surface area contributed by atoms with Crippen molar-refractivity contribution in [3.8, 4) is 23.0 Å². The third-order valence-electron chi connectivity index (χ3n) is 15.5. The number of unbranched alkanes of at least 4 members (excludes halogenated alkanes) is 1. The van der Waals surface area contributed by atoms with Gasteiger partial charge in [-0.05, 0) is 74.2 Å². The molecule has 4 aliphatic rings. The van der Waals surface area contributed by atoms with E-state index in [1.165, 1.54) is 72.8 Å². The van der Waals surface area contributed by atoms with Crippen molar-refractivity contribution in [1.82, 2.24) is 67.5 Å². The lowest BCUT2D eigenvalue weighted by molar-refractivity contribution is -0.137. The maximum atomic E-state index is 14.4.